The van der Waals surface area contributed by atoms with Crippen LogP contribution in [-0.4, -0.2) is 19.7 Å². The number of furan rings is 1. The predicted molar refractivity (Wildman–Crippen MR) is 107 cm³/mol. The molecule has 0 spiro atoms. The van der Waals surface area contributed by atoms with Crippen molar-refractivity contribution in [1.29, 1.82) is 0 Å². The maximum absolute atomic E-state index is 5.82. The van der Waals surface area contributed by atoms with Crippen LogP contribution in [0.1, 0.15) is 17.2 Å². The average Bonchev–Trinajstić information content (AvgIpc) is 3.42. The maximum atomic E-state index is 5.82. The SMILES string of the molecule is C=CCn1c(SCc2nc(-c3cccs3)oc2C)nnc1-c1ccoc1C. The Morgan fingerprint density at radius 2 is 2.15 bits per heavy atom. The molecule has 0 radical (unpaired) electrons. The van der Waals surface area contributed by atoms with Crippen molar-refractivity contribution < 1.29 is 8.83 Å². The zero-order valence-corrected chi connectivity index (χ0v) is 16.6. The van der Waals surface area contributed by atoms with Crippen LogP contribution in [0, 0.1) is 13.8 Å². The largest absolute Gasteiger partial charge is 0.469 e. The van der Waals surface area contributed by atoms with Gasteiger partial charge in [0.2, 0.25) is 5.89 Å². The van der Waals surface area contributed by atoms with Crippen LogP contribution in [0.5, 0.6) is 0 Å². The van der Waals surface area contributed by atoms with Crippen molar-refractivity contribution in [2.45, 2.75) is 31.3 Å². The van der Waals surface area contributed by atoms with E-state index in [2.05, 4.69) is 21.8 Å². The number of rotatable bonds is 7. The number of hydrogen-bond acceptors (Lipinski definition) is 7. The molecule has 27 heavy (non-hydrogen) atoms. The third kappa shape index (κ3) is 3.50. The third-order valence-electron chi connectivity index (χ3n) is 4.09. The van der Waals surface area contributed by atoms with E-state index in [9.17, 15) is 0 Å². The summed E-state index contributed by atoms with van der Waals surface area (Å²) < 4.78 is 13.3. The molecule has 0 atom stereocenters. The minimum atomic E-state index is 0.619. The first kappa shape index (κ1) is 17.8. The highest BCUT2D eigenvalue weighted by molar-refractivity contribution is 7.98. The van der Waals surface area contributed by atoms with Crippen molar-refractivity contribution in [1.82, 2.24) is 19.7 Å². The van der Waals surface area contributed by atoms with Crippen LogP contribution in [0.3, 0.4) is 0 Å². The number of allylic oxidation sites excluding steroid dienone is 1. The van der Waals surface area contributed by atoms with E-state index < -0.39 is 0 Å². The van der Waals surface area contributed by atoms with Gasteiger partial charge in [0.05, 0.1) is 22.4 Å². The number of hydrogen-bond donors (Lipinski definition) is 0. The summed E-state index contributed by atoms with van der Waals surface area (Å²) in [6.07, 6.45) is 3.50. The Kier molecular flexibility index (Phi) is 5.00. The van der Waals surface area contributed by atoms with Crippen molar-refractivity contribution in [3.05, 3.63) is 59.7 Å². The van der Waals surface area contributed by atoms with Gasteiger partial charge in [-0.1, -0.05) is 23.9 Å². The van der Waals surface area contributed by atoms with Crippen LogP contribution in [0.25, 0.3) is 22.2 Å². The Morgan fingerprint density at radius 3 is 2.85 bits per heavy atom. The maximum Gasteiger partial charge on any atom is 0.236 e. The molecule has 6 nitrogen and oxygen atoms in total. The standard InChI is InChI=1S/C19H18N4O2S2/c1-4-8-23-17(14-7-9-24-12(14)2)21-22-19(23)27-11-15-13(3)25-18(20-15)16-6-5-10-26-16/h4-7,9-10H,1,8,11H2,2-3H3. The monoisotopic (exact) mass is 398 g/mol. The summed E-state index contributed by atoms with van der Waals surface area (Å²) in [6.45, 7) is 8.32. The molecule has 0 aromatic carbocycles. The second kappa shape index (κ2) is 7.58. The number of thiophene rings is 1. The Morgan fingerprint density at radius 1 is 1.26 bits per heavy atom. The van der Waals surface area contributed by atoms with Crippen LogP contribution < -0.4 is 0 Å². The molecule has 4 aromatic heterocycles. The molecule has 4 aromatic rings. The van der Waals surface area contributed by atoms with Crippen LogP contribution in [-0.2, 0) is 12.3 Å². The normalized spacial score (nSPS) is 11.2. The first-order chi connectivity index (χ1) is 13.2. The lowest BCUT2D eigenvalue weighted by Gasteiger charge is -2.06. The summed E-state index contributed by atoms with van der Waals surface area (Å²) >= 11 is 3.20. The fourth-order valence-corrected chi connectivity index (χ4v) is 4.30. The Balaban J connectivity index is 1.58. The van der Waals surface area contributed by atoms with Crippen LogP contribution in [0.2, 0.25) is 0 Å². The van der Waals surface area contributed by atoms with E-state index in [-0.39, 0.29) is 0 Å². The molecule has 4 heterocycles. The molecule has 138 valence electrons. The highest BCUT2D eigenvalue weighted by Crippen LogP contribution is 2.31. The number of aromatic nitrogens is 4. The van der Waals surface area contributed by atoms with Crippen LogP contribution >= 0.6 is 23.1 Å². The lowest BCUT2D eigenvalue weighted by molar-refractivity contribution is 0.534. The highest BCUT2D eigenvalue weighted by atomic mass is 32.2. The summed E-state index contributed by atoms with van der Waals surface area (Å²) in [7, 11) is 0. The van der Waals surface area contributed by atoms with E-state index in [4.69, 9.17) is 8.83 Å². The van der Waals surface area contributed by atoms with Crippen LogP contribution in [0.4, 0.5) is 0 Å². The molecular weight excluding hydrogens is 380 g/mol. The fraction of sp³-hybridized carbons (Fsp3) is 0.211. The van der Waals surface area contributed by atoms with Gasteiger partial charge >= 0.3 is 0 Å². The average molecular weight is 399 g/mol. The van der Waals surface area contributed by atoms with Gasteiger partial charge in [-0.15, -0.1) is 28.1 Å². The molecule has 0 amide bonds. The number of aryl methyl sites for hydroxylation is 2. The van der Waals surface area contributed by atoms with Gasteiger partial charge in [0.25, 0.3) is 0 Å². The zero-order valence-electron chi connectivity index (χ0n) is 15.0. The van der Waals surface area contributed by atoms with Gasteiger partial charge in [-0.3, -0.25) is 4.57 Å². The molecule has 0 bridgehead atoms. The minimum absolute atomic E-state index is 0.619. The van der Waals surface area contributed by atoms with Crippen LogP contribution in [0.15, 0.2) is 56.5 Å². The lowest BCUT2D eigenvalue weighted by atomic mass is 10.2. The third-order valence-corrected chi connectivity index (χ3v) is 5.93. The van der Waals surface area contributed by atoms with Gasteiger partial charge in [0.1, 0.15) is 11.5 Å². The van der Waals surface area contributed by atoms with E-state index in [0.717, 1.165) is 38.6 Å². The van der Waals surface area contributed by atoms with Crippen molar-refractivity contribution in [3.8, 4) is 22.2 Å². The van der Waals surface area contributed by atoms with E-state index in [1.54, 1.807) is 29.4 Å². The second-order valence-corrected chi connectivity index (χ2v) is 7.77. The first-order valence-corrected chi connectivity index (χ1v) is 10.3. The Bertz CT molecular complexity index is 1060. The van der Waals surface area contributed by atoms with Gasteiger partial charge in [-0.25, -0.2) is 4.98 Å². The summed E-state index contributed by atoms with van der Waals surface area (Å²) in [5.41, 5.74) is 1.85. The number of nitrogens with zero attached hydrogens (tertiary/aromatic N) is 4. The number of thioether (sulfide) groups is 1. The minimum Gasteiger partial charge on any atom is -0.469 e. The zero-order chi connectivity index (χ0) is 18.8. The summed E-state index contributed by atoms with van der Waals surface area (Å²) in [5.74, 6) is 3.74. The van der Waals surface area contributed by atoms with Crippen molar-refractivity contribution in [3.63, 3.8) is 0 Å². The lowest BCUT2D eigenvalue weighted by Crippen LogP contribution is -2.01. The smallest absolute Gasteiger partial charge is 0.236 e. The molecular formula is C19H18N4O2S2. The molecule has 4 rings (SSSR count). The van der Waals surface area contributed by atoms with Crippen molar-refractivity contribution in [2.24, 2.45) is 0 Å². The summed E-state index contributed by atoms with van der Waals surface area (Å²) in [5, 5.41) is 11.5. The van der Waals surface area contributed by atoms with E-state index in [0.29, 0.717) is 18.2 Å². The molecule has 0 saturated carbocycles. The van der Waals surface area contributed by atoms with E-state index >= 15 is 0 Å². The topological polar surface area (TPSA) is 69.9 Å². The van der Waals surface area contributed by atoms with Gasteiger partial charge in [-0.05, 0) is 31.4 Å². The van der Waals surface area contributed by atoms with E-state index in [1.165, 1.54) is 0 Å². The molecule has 0 fully saturated rings. The van der Waals surface area contributed by atoms with Gasteiger partial charge in [-0.2, -0.15) is 0 Å². The highest BCUT2D eigenvalue weighted by Gasteiger charge is 2.18. The van der Waals surface area contributed by atoms with Gasteiger partial charge in [0, 0.05) is 12.3 Å². The van der Waals surface area contributed by atoms with Crippen molar-refractivity contribution >= 4 is 23.1 Å². The second-order valence-electron chi connectivity index (χ2n) is 5.88. The van der Waals surface area contributed by atoms with Gasteiger partial charge < -0.3 is 8.83 Å². The number of oxazole rings is 1. The van der Waals surface area contributed by atoms with Gasteiger partial charge in [0.15, 0.2) is 11.0 Å². The predicted octanol–water partition coefficient (Wildman–Crippen LogP) is 5.35. The molecule has 8 heteroatoms. The fourth-order valence-electron chi connectivity index (χ4n) is 2.71. The molecule has 0 unspecified atom stereocenters. The summed E-state index contributed by atoms with van der Waals surface area (Å²) in [4.78, 5) is 5.67. The molecule has 0 aliphatic heterocycles. The summed E-state index contributed by atoms with van der Waals surface area (Å²) in [6, 6.07) is 5.90. The molecule has 0 aliphatic carbocycles. The molecule has 0 aliphatic rings. The molecule has 0 N–H and O–H groups in total. The van der Waals surface area contributed by atoms with E-state index in [1.807, 2.05) is 48.1 Å². The first-order valence-electron chi connectivity index (χ1n) is 8.39. The Hall–Kier alpha value is -2.58. The quantitative estimate of drug-likeness (QED) is 0.309. The molecule has 0 saturated heterocycles. The van der Waals surface area contributed by atoms with Crippen molar-refractivity contribution in [2.75, 3.05) is 0 Å². The Labute approximate surface area is 165 Å².